The Morgan fingerprint density at radius 1 is 1.10 bits per heavy atom. The summed E-state index contributed by atoms with van der Waals surface area (Å²) >= 11 is 6.14. The molecule has 1 atom stereocenters. The monoisotopic (exact) mass is 297 g/mol. The molecule has 1 N–H and O–H groups in total. The molecule has 3 rings (SSSR count). The molecule has 0 aliphatic rings. The number of anilines is 1. The average Bonchev–Trinajstić information content (AvgIpc) is 3.02. The molecular formula is C17H16ClN3. The van der Waals surface area contributed by atoms with Crippen molar-refractivity contribution in [2.45, 2.75) is 13.0 Å². The van der Waals surface area contributed by atoms with Gasteiger partial charge in [0.1, 0.15) is 0 Å². The van der Waals surface area contributed by atoms with E-state index in [9.17, 15) is 0 Å². The Bertz CT molecular complexity index is 708. The topological polar surface area (TPSA) is 29.9 Å². The first-order chi connectivity index (χ1) is 10.2. The third kappa shape index (κ3) is 3.09. The zero-order chi connectivity index (χ0) is 14.7. The molecule has 21 heavy (non-hydrogen) atoms. The lowest BCUT2D eigenvalue weighted by molar-refractivity contribution is 0.853. The van der Waals surface area contributed by atoms with Crippen molar-refractivity contribution < 1.29 is 0 Å². The van der Waals surface area contributed by atoms with Crippen LogP contribution in [0.2, 0.25) is 5.02 Å². The predicted octanol–water partition coefficient (Wildman–Crippen LogP) is 4.70. The zero-order valence-corrected chi connectivity index (χ0v) is 12.5. The van der Waals surface area contributed by atoms with Crippen molar-refractivity contribution in [1.29, 1.82) is 0 Å². The Morgan fingerprint density at radius 3 is 2.62 bits per heavy atom. The van der Waals surface area contributed by atoms with E-state index >= 15 is 0 Å². The lowest BCUT2D eigenvalue weighted by Gasteiger charge is -2.19. The van der Waals surface area contributed by atoms with Gasteiger partial charge in [-0.15, -0.1) is 0 Å². The Kier molecular flexibility index (Phi) is 3.93. The molecule has 0 bridgehead atoms. The van der Waals surface area contributed by atoms with E-state index in [1.54, 1.807) is 6.20 Å². The molecule has 3 nitrogen and oxygen atoms in total. The average molecular weight is 298 g/mol. The molecule has 4 heteroatoms. The maximum absolute atomic E-state index is 6.14. The van der Waals surface area contributed by atoms with Crippen LogP contribution in [-0.4, -0.2) is 9.78 Å². The fourth-order valence-corrected chi connectivity index (χ4v) is 2.47. The number of nitrogens with one attached hydrogen (secondary N) is 1. The first-order valence-corrected chi connectivity index (χ1v) is 7.23. The predicted molar refractivity (Wildman–Crippen MR) is 87.1 cm³/mol. The Balaban J connectivity index is 1.93. The van der Waals surface area contributed by atoms with E-state index in [-0.39, 0.29) is 6.04 Å². The molecule has 0 radical (unpaired) electrons. The second-order valence-electron chi connectivity index (χ2n) is 4.89. The van der Waals surface area contributed by atoms with Gasteiger partial charge < -0.3 is 5.32 Å². The number of rotatable bonds is 4. The van der Waals surface area contributed by atoms with Gasteiger partial charge >= 0.3 is 0 Å². The molecule has 1 heterocycles. The summed E-state index contributed by atoms with van der Waals surface area (Å²) in [4.78, 5) is 0. The molecule has 0 saturated heterocycles. The number of hydrogen-bond acceptors (Lipinski definition) is 2. The minimum Gasteiger partial charge on any atom is -0.377 e. The summed E-state index contributed by atoms with van der Waals surface area (Å²) in [6, 6.07) is 18.2. The lowest BCUT2D eigenvalue weighted by Crippen LogP contribution is -2.09. The third-order valence-corrected chi connectivity index (χ3v) is 3.62. The Hall–Kier alpha value is -2.26. The molecule has 0 amide bonds. The van der Waals surface area contributed by atoms with Crippen LogP contribution in [0.4, 0.5) is 5.69 Å². The van der Waals surface area contributed by atoms with Gasteiger partial charge in [0.25, 0.3) is 0 Å². The normalized spacial score (nSPS) is 12.1. The van der Waals surface area contributed by atoms with Crippen LogP contribution in [0.1, 0.15) is 18.5 Å². The van der Waals surface area contributed by atoms with Crippen molar-refractivity contribution in [3.05, 3.63) is 77.6 Å². The number of halogens is 1. The standard InChI is InChI=1S/C17H16ClN3/c1-13(14-6-3-2-4-7-14)20-16-12-15(18)8-9-17(16)21-11-5-10-19-21/h2-13,20H,1H3. The zero-order valence-electron chi connectivity index (χ0n) is 11.7. The van der Waals surface area contributed by atoms with E-state index < -0.39 is 0 Å². The fourth-order valence-electron chi connectivity index (χ4n) is 2.29. The number of hydrogen-bond donors (Lipinski definition) is 1. The molecule has 0 saturated carbocycles. The number of aromatic nitrogens is 2. The van der Waals surface area contributed by atoms with Gasteiger partial charge in [-0.25, -0.2) is 4.68 Å². The van der Waals surface area contributed by atoms with Gasteiger partial charge in [0, 0.05) is 23.5 Å². The van der Waals surface area contributed by atoms with Crippen molar-refractivity contribution in [3.63, 3.8) is 0 Å². The summed E-state index contributed by atoms with van der Waals surface area (Å²) in [5.41, 5.74) is 3.17. The second kappa shape index (κ2) is 6.02. The maximum atomic E-state index is 6.14. The van der Waals surface area contributed by atoms with Crippen molar-refractivity contribution in [2.24, 2.45) is 0 Å². The second-order valence-corrected chi connectivity index (χ2v) is 5.33. The van der Waals surface area contributed by atoms with Gasteiger partial charge in [0.15, 0.2) is 0 Å². The molecule has 1 unspecified atom stereocenters. The highest BCUT2D eigenvalue weighted by Crippen LogP contribution is 2.27. The molecular weight excluding hydrogens is 282 g/mol. The van der Waals surface area contributed by atoms with Crippen LogP contribution < -0.4 is 5.32 Å². The van der Waals surface area contributed by atoms with Crippen LogP contribution in [0.15, 0.2) is 67.0 Å². The summed E-state index contributed by atoms with van der Waals surface area (Å²) in [5, 5.41) is 8.50. The van der Waals surface area contributed by atoms with Crippen molar-refractivity contribution in [1.82, 2.24) is 9.78 Å². The van der Waals surface area contributed by atoms with Gasteiger partial charge in [-0.05, 0) is 36.8 Å². The molecule has 0 aliphatic heterocycles. The van der Waals surface area contributed by atoms with Crippen LogP contribution in [0.3, 0.4) is 0 Å². The number of nitrogens with zero attached hydrogens (tertiary/aromatic N) is 2. The molecule has 0 spiro atoms. The van der Waals surface area contributed by atoms with Crippen molar-refractivity contribution in [2.75, 3.05) is 5.32 Å². The van der Waals surface area contributed by atoms with Gasteiger partial charge in [-0.1, -0.05) is 41.9 Å². The first kappa shape index (κ1) is 13.7. The van der Waals surface area contributed by atoms with E-state index in [1.807, 2.05) is 53.3 Å². The highest BCUT2D eigenvalue weighted by Gasteiger charge is 2.10. The number of benzene rings is 2. The molecule has 3 aromatic rings. The van der Waals surface area contributed by atoms with Crippen LogP contribution in [0.5, 0.6) is 0 Å². The van der Waals surface area contributed by atoms with E-state index in [4.69, 9.17) is 11.6 Å². The van der Waals surface area contributed by atoms with Gasteiger partial charge in [-0.3, -0.25) is 0 Å². The minimum absolute atomic E-state index is 0.180. The Labute approximate surface area is 129 Å². The summed E-state index contributed by atoms with van der Waals surface area (Å²) in [6.45, 7) is 2.13. The minimum atomic E-state index is 0.180. The van der Waals surface area contributed by atoms with Crippen molar-refractivity contribution >= 4 is 17.3 Å². The molecule has 0 fully saturated rings. The summed E-state index contributed by atoms with van der Waals surface area (Å²) in [6.07, 6.45) is 3.68. The largest absolute Gasteiger partial charge is 0.377 e. The SMILES string of the molecule is CC(Nc1cc(Cl)ccc1-n1cccn1)c1ccccc1. The van der Waals surface area contributed by atoms with E-state index in [2.05, 4.69) is 29.5 Å². The summed E-state index contributed by atoms with van der Waals surface area (Å²) < 4.78 is 1.83. The molecule has 106 valence electrons. The summed E-state index contributed by atoms with van der Waals surface area (Å²) in [7, 11) is 0. The maximum Gasteiger partial charge on any atom is 0.0878 e. The summed E-state index contributed by atoms with van der Waals surface area (Å²) in [5.74, 6) is 0. The smallest absolute Gasteiger partial charge is 0.0878 e. The molecule has 1 aromatic heterocycles. The lowest BCUT2D eigenvalue weighted by atomic mass is 10.1. The molecule has 0 aliphatic carbocycles. The van der Waals surface area contributed by atoms with Crippen LogP contribution in [0.25, 0.3) is 5.69 Å². The van der Waals surface area contributed by atoms with E-state index in [1.165, 1.54) is 5.56 Å². The fraction of sp³-hybridized carbons (Fsp3) is 0.118. The van der Waals surface area contributed by atoms with E-state index in [0.29, 0.717) is 5.02 Å². The van der Waals surface area contributed by atoms with Gasteiger partial charge in [-0.2, -0.15) is 5.10 Å². The van der Waals surface area contributed by atoms with Crippen LogP contribution in [0, 0.1) is 0 Å². The third-order valence-electron chi connectivity index (χ3n) is 3.38. The van der Waals surface area contributed by atoms with Crippen molar-refractivity contribution in [3.8, 4) is 5.69 Å². The highest BCUT2D eigenvalue weighted by molar-refractivity contribution is 6.31. The highest BCUT2D eigenvalue weighted by atomic mass is 35.5. The molecule has 2 aromatic carbocycles. The van der Waals surface area contributed by atoms with Crippen LogP contribution >= 0.6 is 11.6 Å². The quantitative estimate of drug-likeness (QED) is 0.756. The van der Waals surface area contributed by atoms with Gasteiger partial charge in [0.2, 0.25) is 0 Å². The van der Waals surface area contributed by atoms with E-state index in [0.717, 1.165) is 11.4 Å². The first-order valence-electron chi connectivity index (χ1n) is 6.85. The Morgan fingerprint density at radius 2 is 1.90 bits per heavy atom. The van der Waals surface area contributed by atoms with Crippen LogP contribution in [-0.2, 0) is 0 Å². The van der Waals surface area contributed by atoms with Gasteiger partial charge in [0.05, 0.1) is 11.4 Å².